The van der Waals surface area contributed by atoms with Gasteiger partial charge in [0, 0.05) is 28.3 Å². The molecule has 4 rings (SSSR count). The molecule has 0 saturated carbocycles. The summed E-state index contributed by atoms with van der Waals surface area (Å²) < 4.78 is 0. The van der Waals surface area contributed by atoms with Crippen LogP contribution in [-0.2, 0) is 9.59 Å². The van der Waals surface area contributed by atoms with Crippen LogP contribution in [-0.4, -0.2) is 33.3 Å². The summed E-state index contributed by atoms with van der Waals surface area (Å²) in [6, 6.07) is 11.0. The van der Waals surface area contributed by atoms with E-state index in [9.17, 15) is 29.4 Å². The van der Waals surface area contributed by atoms with E-state index in [-0.39, 0.29) is 22.6 Å². The fraction of sp³-hybridized carbons (Fsp3) is 0. The Kier molecular flexibility index (Phi) is 4.33. The number of carbonyl (C=O) groups is 4. The molecule has 0 atom stereocenters. The molecule has 0 spiro atoms. The lowest BCUT2D eigenvalue weighted by molar-refractivity contribution is -0.111. The summed E-state index contributed by atoms with van der Waals surface area (Å²) in [6.07, 6.45) is 3.57. The van der Waals surface area contributed by atoms with Gasteiger partial charge in [0.1, 0.15) is 11.5 Å². The van der Waals surface area contributed by atoms with Crippen molar-refractivity contribution in [1.29, 1.82) is 0 Å². The Morgan fingerprint density at radius 2 is 1.23 bits per heavy atom. The second-order valence-corrected chi connectivity index (χ2v) is 5.53. The van der Waals surface area contributed by atoms with Gasteiger partial charge in [0.15, 0.2) is 0 Å². The Hall–Kier alpha value is -3.80. The number of phenolic OH excluding ortho intramolecular Hbond substituents is 1. The number of hydrogen-bond acceptors (Lipinski definition) is 6. The molecule has 0 saturated heterocycles. The molecule has 0 heterocycles. The fourth-order valence-electron chi connectivity index (χ4n) is 2.60. The molecule has 128 valence electrons. The van der Waals surface area contributed by atoms with Gasteiger partial charge < -0.3 is 10.2 Å². The van der Waals surface area contributed by atoms with Gasteiger partial charge in [-0.1, -0.05) is 36.4 Å². The van der Waals surface area contributed by atoms with Gasteiger partial charge in [-0.3, -0.25) is 19.2 Å². The first-order chi connectivity index (χ1) is 12.4. The van der Waals surface area contributed by atoms with Crippen molar-refractivity contribution in [2.45, 2.75) is 0 Å². The van der Waals surface area contributed by atoms with Crippen molar-refractivity contribution >= 4 is 35.0 Å². The largest absolute Gasteiger partial charge is 0.507 e. The third-order valence-corrected chi connectivity index (χ3v) is 3.89. The van der Waals surface area contributed by atoms with E-state index < -0.39 is 23.1 Å². The first-order valence-corrected chi connectivity index (χ1v) is 7.57. The van der Waals surface area contributed by atoms with Crippen molar-refractivity contribution < 1.29 is 29.4 Å². The standard InChI is InChI=1S/2C10H6O3/c11-8-3-1-2-7-6(8)4-5-9(12)10(7)13;11-8-5-9(12)10(13)7-4-2-1-3-6(7)8/h2*1-5,11H. The van der Waals surface area contributed by atoms with Crippen LogP contribution in [0, 0.1) is 0 Å². The van der Waals surface area contributed by atoms with Crippen LogP contribution in [0.15, 0.2) is 54.6 Å². The molecule has 2 aliphatic rings. The number of Topliss-reactive ketones (excluding diaryl/α,β-unsaturated/α-hetero) is 2. The van der Waals surface area contributed by atoms with Gasteiger partial charge >= 0.3 is 0 Å². The molecule has 2 aliphatic carbocycles. The number of aliphatic hydroxyl groups excluding tert-OH is 1. The minimum atomic E-state index is -0.670. The van der Waals surface area contributed by atoms with Crippen LogP contribution in [0.5, 0.6) is 5.75 Å². The number of ketones is 4. The molecular weight excluding hydrogens is 336 g/mol. The number of aromatic hydroxyl groups is 1. The molecule has 6 nitrogen and oxygen atoms in total. The summed E-state index contributed by atoms with van der Waals surface area (Å²) in [5.41, 5.74) is 1.39. The Labute approximate surface area is 147 Å². The van der Waals surface area contributed by atoms with Crippen molar-refractivity contribution in [3.05, 3.63) is 76.9 Å². The lowest BCUT2D eigenvalue weighted by atomic mass is 9.94. The molecule has 26 heavy (non-hydrogen) atoms. The molecule has 0 aliphatic heterocycles. The molecule has 0 fully saturated rings. The normalized spacial score (nSPS) is 14.8. The predicted octanol–water partition coefficient (Wildman–Crippen LogP) is 2.52. The maximum Gasteiger partial charge on any atom is 0.233 e. The van der Waals surface area contributed by atoms with Gasteiger partial charge in [-0.15, -0.1) is 0 Å². The lowest BCUT2D eigenvalue weighted by Crippen LogP contribution is -2.18. The molecule has 2 N–H and O–H groups in total. The number of phenols is 1. The number of hydrogen-bond donors (Lipinski definition) is 2. The summed E-state index contributed by atoms with van der Waals surface area (Å²) in [4.78, 5) is 44.4. The average Bonchev–Trinajstić information content (AvgIpc) is 2.64. The molecule has 0 radical (unpaired) electrons. The Morgan fingerprint density at radius 1 is 0.615 bits per heavy atom. The van der Waals surface area contributed by atoms with Crippen LogP contribution in [0.25, 0.3) is 11.8 Å². The van der Waals surface area contributed by atoms with E-state index >= 15 is 0 Å². The first kappa shape index (κ1) is 17.0. The minimum Gasteiger partial charge on any atom is -0.507 e. The highest BCUT2D eigenvalue weighted by Gasteiger charge is 2.24. The number of rotatable bonds is 0. The van der Waals surface area contributed by atoms with Gasteiger partial charge in [-0.2, -0.15) is 0 Å². The predicted molar refractivity (Wildman–Crippen MR) is 92.9 cm³/mol. The highest BCUT2D eigenvalue weighted by molar-refractivity contribution is 6.50. The van der Waals surface area contributed by atoms with Gasteiger partial charge in [0.05, 0.1) is 0 Å². The van der Waals surface area contributed by atoms with Gasteiger partial charge in [-0.25, -0.2) is 0 Å². The van der Waals surface area contributed by atoms with Crippen molar-refractivity contribution in [3.8, 4) is 5.75 Å². The summed E-state index contributed by atoms with van der Waals surface area (Å²) in [6.45, 7) is 0. The molecule has 6 heteroatoms. The second-order valence-electron chi connectivity index (χ2n) is 5.53. The number of aliphatic hydroxyl groups is 1. The van der Waals surface area contributed by atoms with E-state index in [2.05, 4.69) is 0 Å². The average molecular weight is 348 g/mol. The van der Waals surface area contributed by atoms with E-state index in [0.717, 1.165) is 6.08 Å². The fourth-order valence-corrected chi connectivity index (χ4v) is 2.60. The van der Waals surface area contributed by atoms with E-state index in [0.29, 0.717) is 11.1 Å². The van der Waals surface area contributed by atoms with Crippen LogP contribution in [0.3, 0.4) is 0 Å². The maximum absolute atomic E-state index is 11.3. The van der Waals surface area contributed by atoms with Crippen molar-refractivity contribution in [2.75, 3.05) is 0 Å². The molecule has 0 aromatic heterocycles. The Balaban J connectivity index is 0.000000151. The molecular formula is C20H12O6. The molecule has 2 aromatic carbocycles. The van der Waals surface area contributed by atoms with Crippen LogP contribution in [0.1, 0.15) is 31.8 Å². The van der Waals surface area contributed by atoms with Crippen molar-refractivity contribution in [3.63, 3.8) is 0 Å². The quantitative estimate of drug-likeness (QED) is 0.708. The second kappa shape index (κ2) is 6.60. The van der Waals surface area contributed by atoms with Crippen LogP contribution in [0.2, 0.25) is 0 Å². The maximum atomic E-state index is 11.3. The zero-order valence-electron chi connectivity index (χ0n) is 13.3. The summed E-state index contributed by atoms with van der Waals surface area (Å²) in [5.74, 6) is -2.45. The highest BCUT2D eigenvalue weighted by Crippen LogP contribution is 2.26. The third kappa shape index (κ3) is 2.95. The highest BCUT2D eigenvalue weighted by atomic mass is 16.3. The van der Waals surface area contributed by atoms with Crippen molar-refractivity contribution in [1.82, 2.24) is 0 Å². The topological polar surface area (TPSA) is 109 Å². The zero-order valence-corrected chi connectivity index (χ0v) is 13.3. The number of benzene rings is 2. The van der Waals surface area contributed by atoms with Gasteiger partial charge in [0.25, 0.3) is 0 Å². The van der Waals surface area contributed by atoms with Gasteiger partial charge in [-0.05, 0) is 18.2 Å². The number of carbonyl (C=O) groups excluding carboxylic acids is 4. The first-order valence-electron chi connectivity index (χ1n) is 7.57. The monoisotopic (exact) mass is 348 g/mol. The zero-order chi connectivity index (χ0) is 18.8. The van der Waals surface area contributed by atoms with Crippen molar-refractivity contribution in [2.24, 2.45) is 0 Å². The minimum absolute atomic E-state index is 0.0228. The third-order valence-electron chi connectivity index (χ3n) is 3.89. The molecule has 2 aromatic rings. The number of allylic oxidation sites excluding steroid dienone is 2. The Bertz CT molecular complexity index is 1030. The van der Waals surface area contributed by atoms with E-state index in [1.165, 1.54) is 30.4 Å². The summed E-state index contributed by atoms with van der Waals surface area (Å²) >= 11 is 0. The lowest BCUT2D eigenvalue weighted by Gasteiger charge is -2.10. The van der Waals surface area contributed by atoms with E-state index in [4.69, 9.17) is 0 Å². The molecule has 0 bridgehead atoms. The van der Waals surface area contributed by atoms with Gasteiger partial charge in [0.2, 0.25) is 23.1 Å². The molecule has 0 unspecified atom stereocenters. The number of fused-ring (bicyclic) bond motifs is 2. The van der Waals surface area contributed by atoms with E-state index in [1.807, 2.05) is 0 Å². The Morgan fingerprint density at radius 3 is 1.96 bits per heavy atom. The SMILES string of the molecule is O=C1C=C(O)c2ccccc2C1=O.O=C1C=Cc2c(O)cccc2C1=O. The smallest absolute Gasteiger partial charge is 0.233 e. The van der Waals surface area contributed by atoms with Crippen LogP contribution < -0.4 is 0 Å². The van der Waals surface area contributed by atoms with Crippen LogP contribution in [0.4, 0.5) is 0 Å². The summed E-state index contributed by atoms with van der Waals surface area (Å²) in [7, 11) is 0. The van der Waals surface area contributed by atoms with Crippen LogP contribution >= 0.6 is 0 Å². The molecule has 0 amide bonds. The van der Waals surface area contributed by atoms with E-state index in [1.54, 1.807) is 24.3 Å². The summed E-state index contributed by atoms with van der Waals surface area (Å²) in [5, 5.41) is 18.7.